The van der Waals surface area contributed by atoms with Gasteiger partial charge in [0.2, 0.25) is 5.95 Å². The molecule has 4 nitrogen and oxygen atoms in total. The van der Waals surface area contributed by atoms with Gasteiger partial charge in [-0.2, -0.15) is 4.98 Å². The van der Waals surface area contributed by atoms with Crippen LogP contribution in [0.15, 0.2) is 30.3 Å². The highest BCUT2D eigenvalue weighted by Gasteiger charge is 2.27. The van der Waals surface area contributed by atoms with Crippen LogP contribution in [0.3, 0.4) is 0 Å². The van der Waals surface area contributed by atoms with Crippen LogP contribution < -0.4 is 10.2 Å². The molecule has 0 unspecified atom stereocenters. The average molecular weight is 324 g/mol. The van der Waals surface area contributed by atoms with Crippen LogP contribution in [0.25, 0.3) is 6.08 Å². The van der Waals surface area contributed by atoms with Crippen molar-refractivity contribution in [2.75, 3.05) is 16.8 Å². The maximum atomic E-state index is 13.1. The van der Waals surface area contributed by atoms with E-state index in [0.717, 1.165) is 29.3 Å². The number of halogens is 1. The Bertz CT molecular complexity index is 764. The quantitative estimate of drug-likeness (QED) is 0.906. The maximum Gasteiger partial charge on any atom is 0.229 e. The molecule has 4 rings (SSSR count). The molecule has 2 aliphatic rings. The Morgan fingerprint density at radius 2 is 1.88 bits per heavy atom. The van der Waals surface area contributed by atoms with Gasteiger partial charge >= 0.3 is 0 Å². The van der Waals surface area contributed by atoms with Gasteiger partial charge < -0.3 is 10.2 Å². The van der Waals surface area contributed by atoms with Gasteiger partial charge in [-0.3, -0.25) is 0 Å². The predicted molar refractivity (Wildman–Crippen MR) is 95.1 cm³/mol. The second kappa shape index (κ2) is 6.23. The summed E-state index contributed by atoms with van der Waals surface area (Å²) in [6.45, 7) is 2.92. The zero-order chi connectivity index (χ0) is 16.5. The number of hydrogen-bond donors (Lipinski definition) is 1. The Labute approximate surface area is 141 Å². The molecule has 2 aromatic rings. The summed E-state index contributed by atoms with van der Waals surface area (Å²) in [6, 6.07) is 6.83. The fraction of sp³-hybridized carbons (Fsp3) is 0.368. The van der Waals surface area contributed by atoms with Gasteiger partial charge in [-0.1, -0.05) is 25.0 Å². The molecule has 0 atom stereocenters. The number of anilines is 3. The molecular weight excluding hydrogens is 303 g/mol. The number of nitrogens with zero attached hydrogens (tertiary/aromatic N) is 3. The Hall–Kier alpha value is -2.43. The molecular formula is C19H21FN4. The van der Waals surface area contributed by atoms with Gasteiger partial charge in [0.25, 0.3) is 0 Å². The highest BCUT2D eigenvalue weighted by molar-refractivity contribution is 5.72. The first-order valence-corrected chi connectivity index (χ1v) is 8.55. The molecule has 0 amide bonds. The van der Waals surface area contributed by atoms with E-state index in [1.54, 1.807) is 12.1 Å². The highest BCUT2D eigenvalue weighted by Crippen LogP contribution is 2.34. The largest absolute Gasteiger partial charge is 0.349 e. The molecule has 1 N–H and O–H groups in total. The van der Waals surface area contributed by atoms with Gasteiger partial charge in [-0.15, -0.1) is 0 Å². The van der Waals surface area contributed by atoms with Crippen LogP contribution >= 0.6 is 0 Å². The first-order chi connectivity index (χ1) is 11.7. The SMILES string of the molecule is Cc1nc(Nc2ccc(F)cc2)nc2c1C=CCN2C1CCCC1. The summed E-state index contributed by atoms with van der Waals surface area (Å²) < 4.78 is 13.1. The fourth-order valence-corrected chi connectivity index (χ4v) is 3.61. The van der Waals surface area contributed by atoms with Crippen LogP contribution in [-0.4, -0.2) is 22.6 Å². The minimum Gasteiger partial charge on any atom is -0.349 e. The average Bonchev–Trinajstić information content (AvgIpc) is 3.11. The molecule has 1 aromatic carbocycles. The van der Waals surface area contributed by atoms with E-state index in [4.69, 9.17) is 4.98 Å². The zero-order valence-electron chi connectivity index (χ0n) is 13.8. The van der Waals surface area contributed by atoms with E-state index < -0.39 is 0 Å². The van der Waals surface area contributed by atoms with E-state index in [-0.39, 0.29) is 5.82 Å². The minimum absolute atomic E-state index is 0.249. The third kappa shape index (κ3) is 2.86. The van der Waals surface area contributed by atoms with Crippen molar-refractivity contribution in [1.29, 1.82) is 0 Å². The third-order valence-electron chi connectivity index (χ3n) is 4.84. The van der Waals surface area contributed by atoms with Crippen molar-refractivity contribution in [2.45, 2.75) is 38.6 Å². The Morgan fingerprint density at radius 1 is 1.12 bits per heavy atom. The first kappa shape index (κ1) is 15.1. The highest BCUT2D eigenvalue weighted by atomic mass is 19.1. The van der Waals surface area contributed by atoms with Crippen molar-refractivity contribution in [3.05, 3.63) is 47.4 Å². The predicted octanol–water partition coefficient (Wildman–Crippen LogP) is 4.44. The van der Waals surface area contributed by atoms with E-state index in [1.165, 1.54) is 37.8 Å². The third-order valence-corrected chi connectivity index (χ3v) is 4.84. The van der Waals surface area contributed by atoms with Crippen molar-refractivity contribution >= 4 is 23.5 Å². The van der Waals surface area contributed by atoms with E-state index in [1.807, 2.05) is 6.92 Å². The van der Waals surface area contributed by atoms with Crippen LogP contribution in [-0.2, 0) is 0 Å². The molecule has 1 fully saturated rings. The second-order valence-electron chi connectivity index (χ2n) is 6.49. The normalized spacial score (nSPS) is 17.2. The lowest BCUT2D eigenvalue weighted by atomic mass is 10.1. The van der Waals surface area contributed by atoms with Crippen LogP contribution in [0.5, 0.6) is 0 Å². The Balaban J connectivity index is 1.67. The molecule has 0 saturated heterocycles. The summed E-state index contributed by atoms with van der Waals surface area (Å²) in [5.74, 6) is 1.33. The van der Waals surface area contributed by atoms with E-state index >= 15 is 0 Å². The number of benzene rings is 1. The number of rotatable bonds is 3. The van der Waals surface area contributed by atoms with Gasteiger partial charge in [0.05, 0.1) is 5.69 Å². The minimum atomic E-state index is -0.249. The summed E-state index contributed by atoms with van der Waals surface area (Å²) in [5.41, 5.74) is 2.86. The van der Waals surface area contributed by atoms with Gasteiger partial charge in [-0.25, -0.2) is 9.37 Å². The topological polar surface area (TPSA) is 41.1 Å². The van der Waals surface area contributed by atoms with Gasteiger partial charge in [0.1, 0.15) is 11.6 Å². The van der Waals surface area contributed by atoms with Gasteiger partial charge in [0, 0.05) is 23.8 Å². The lowest BCUT2D eigenvalue weighted by Gasteiger charge is -2.33. The lowest BCUT2D eigenvalue weighted by molar-refractivity contribution is 0.622. The maximum absolute atomic E-state index is 13.1. The second-order valence-corrected chi connectivity index (χ2v) is 6.49. The number of aryl methyl sites for hydroxylation is 1. The molecule has 0 radical (unpaired) electrons. The number of hydrogen-bond acceptors (Lipinski definition) is 4. The van der Waals surface area contributed by atoms with Crippen molar-refractivity contribution in [3.63, 3.8) is 0 Å². The molecule has 2 heterocycles. The van der Waals surface area contributed by atoms with Gasteiger partial charge in [-0.05, 0) is 44.0 Å². The summed E-state index contributed by atoms with van der Waals surface area (Å²) in [4.78, 5) is 11.8. The molecule has 1 aliphatic heterocycles. The summed E-state index contributed by atoms with van der Waals surface area (Å²) >= 11 is 0. The number of nitrogens with one attached hydrogen (secondary N) is 1. The van der Waals surface area contributed by atoms with Crippen molar-refractivity contribution in [1.82, 2.24) is 9.97 Å². The fourth-order valence-electron chi connectivity index (χ4n) is 3.61. The van der Waals surface area contributed by atoms with E-state index in [9.17, 15) is 4.39 Å². The molecule has 124 valence electrons. The van der Waals surface area contributed by atoms with E-state index in [0.29, 0.717) is 12.0 Å². The molecule has 1 saturated carbocycles. The van der Waals surface area contributed by atoms with Gasteiger partial charge in [0.15, 0.2) is 0 Å². The van der Waals surface area contributed by atoms with Crippen LogP contribution in [0, 0.1) is 12.7 Å². The van der Waals surface area contributed by atoms with Crippen LogP contribution in [0.2, 0.25) is 0 Å². The van der Waals surface area contributed by atoms with Crippen LogP contribution in [0.1, 0.15) is 36.9 Å². The lowest BCUT2D eigenvalue weighted by Crippen LogP contribution is -2.36. The zero-order valence-corrected chi connectivity index (χ0v) is 13.8. The monoisotopic (exact) mass is 324 g/mol. The summed E-state index contributed by atoms with van der Waals surface area (Å²) in [6.07, 6.45) is 9.38. The Morgan fingerprint density at radius 3 is 2.62 bits per heavy atom. The molecule has 24 heavy (non-hydrogen) atoms. The smallest absolute Gasteiger partial charge is 0.229 e. The van der Waals surface area contributed by atoms with Crippen LogP contribution in [0.4, 0.5) is 21.8 Å². The molecule has 1 aromatic heterocycles. The molecule has 0 bridgehead atoms. The number of aromatic nitrogens is 2. The Kier molecular flexibility index (Phi) is 3.92. The molecule has 1 aliphatic carbocycles. The first-order valence-electron chi connectivity index (χ1n) is 8.55. The summed E-state index contributed by atoms with van der Waals surface area (Å²) in [5, 5.41) is 3.19. The standard InChI is InChI=1S/C19H21FN4/c1-13-17-7-4-12-24(16-5-2-3-6-16)18(17)23-19(21-13)22-15-10-8-14(20)9-11-15/h4,7-11,16H,2-3,5-6,12H2,1H3,(H,21,22,23). The van der Waals surface area contributed by atoms with Crippen molar-refractivity contribution in [3.8, 4) is 0 Å². The molecule has 5 heteroatoms. The summed E-state index contributed by atoms with van der Waals surface area (Å²) in [7, 11) is 0. The van der Waals surface area contributed by atoms with Crippen molar-refractivity contribution in [2.24, 2.45) is 0 Å². The number of fused-ring (bicyclic) bond motifs is 1. The molecule has 0 spiro atoms. The van der Waals surface area contributed by atoms with E-state index in [2.05, 4.69) is 27.4 Å². The van der Waals surface area contributed by atoms with Crippen molar-refractivity contribution < 1.29 is 4.39 Å².